The number of likely N-dealkylation sites (tertiary alicyclic amines) is 1. The van der Waals surface area contributed by atoms with Gasteiger partial charge >= 0.3 is 0 Å². The number of nitrogens with two attached hydrogens (primary N) is 1. The minimum absolute atomic E-state index is 0.0412. The highest BCUT2D eigenvalue weighted by Crippen LogP contribution is 2.19. The van der Waals surface area contributed by atoms with Gasteiger partial charge < -0.3 is 10.6 Å². The fourth-order valence-electron chi connectivity index (χ4n) is 2.64. The first-order valence-electron chi connectivity index (χ1n) is 6.64. The Morgan fingerprint density at radius 2 is 2.16 bits per heavy atom. The third-order valence-electron chi connectivity index (χ3n) is 3.61. The first kappa shape index (κ1) is 12.1. The van der Waals surface area contributed by atoms with Crippen LogP contribution in [0.1, 0.15) is 23.2 Å². The molecular formula is C15H17N3O. The highest BCUT2D eigenvalue weighted by Gasteiger charge is 2.23. The minimum atomic E-state index is 0.0412. The van der Waals surface area contributed by atoms with Crippen LogP contribution in [0.2, 0.25) is 0 Å². The van der Waals surface area contributed by atoms with Crippen molar-refractivity contribution in [1.29, 1.82) is 0 Å². The molecule has 1 aliphatic heterocycles. The van der Waals surface area contributed by atoms with Crippen LogP contribution < -0.4 is 5.73 Å². The van der Waals surface area contributed by atoms with Crippen molar-refractivity contribution in [3.63, 3.8) is 0 Å². The molecule has 0 unspecified atom stereocenters. The topological polar surface area (TPSA) is 59.2 Å². The summed E-state index contributed by atoms with van der Waals surface area (Å²) in [6.45, 7) is 1.43. The molecule has 1 amide bonds. The molecule has 4 nitrogen and oxygen atoms in total. The number of pyridine rings is 1. The summed E-state index contributed by atoms with van der Waals surface area (Å²) in [5.41, 5.74) is 7.39. The van der Waals surface area contributed by atoms with Crippen LogP contribution in [0, 0.1) is 0 Å². The lowest BCUT2D eigenvalue weighted by Gasteiger charge is -2.31. The Labute approximate surface area is 112 Å². The lowest BCUT2D eigenvalue weighted by Crippen LogP contribution is -2.45. The SMILES string of the molecule is N[C@@H]1CCCN(C(=O)c2cccc3cccnc23)C1. The molecule has 1 saturated heterocycles. The van der Waals surface area contributed by atoms with Crippen molar-refractivity contribution in [2.24, 2.45) is 5.73 Å². The number of hydrogen-bond acceptors (Lipinski definition) is 3. The summed E-state index contributed by atoms with van der Waals surface area (Å²) < 4.78 is 0. The number of rotatable bonds is 1. The van der Waals surface area contributed by atoms with Crippen molar-refractivity contribution >= 4 is 16.8 Å². The van der Waals surface area contributed by atoms with Gasteiger partial charge in [0.25, 0.3) is 5.91 Å². The number of carbonyl (C=O) groups excluding carboxylic acids is 1. The van der Waals surface area contributed by atoms with Gasteiger partial charge in [-0.05, 0) is 25.0 Å². The number of carbonyl (C=O) groups is 1. The molecule has 4 heteroatoms. The van der Waals surface area contributed by atoms with E-state index < -0.39 is 0 Å². The first-order valence-corrected chi connectivity index (χ1v) is 6.64. The van der Waals surface area contributed by atoms with Gasteiger partial charge in [0, 0.05) is 30.7 Å². The number of fused-ring (bicyclic) bond motifs is 1. The van der Waals surface area contributed by atoms with Gasteiger partial charge in [0.2, 0.25) is 0 Å². The molecule has 2 aromatic rings. The predicted molar refractivity (Wildman–Crippen MR) is 74.9 cm³/mol. The smallest absolute Gasteiger partial charge is 0.256 e. The molecular weight excluding hydrogens is 238 g/mol. The zero-order chi connectivity index (χ0) is 13.2. The standard InChI is InChI=1S/C15H17N3O/c16-12-6-3-9-18(10-12)15(19)13-7-1-4-11-5-2-8-17-14(11)13/h1-2,4-5,7-8,12H,3,6,9-10,16H2/t12-/m1/s1. The minimum Gasteiger partial charge on any atom is -0.337 e. The number of piperidine rings is 1. The van der Waals surface area contributed by atoms with E-state index >= 15 is 0 Å². The zero-order valence-corrected chi connectivity index (χ0v) is 10.7. The van der Waals surface area contributed by atoms with Gasteiger partial charge in [-0.2, -0.15) is 0 Å². The van der Waals surface area contributed by atoms with Crippen molar-refractivity contribution in [2.75, 3.05) is 13.1 Å². The largest absolute Gasteiger partial charge is 0.337 e. The van der Waals surface area contributed by atoms with Crippen molar-refractivity contribution < 1.29 is 4.79 Å². The molecule has 1 fully saturated rings. The Morgan fingerprint density at radius 1 is 1.32 bits per heavy atom. The second-order valence-electron chi connectivity index (χ2n) is 5.03. The zero-order valence-electron chi connectivity index (χ0n) is 10.7. The molecule has 1 atom stereocenters. The second kappa shape index (κ2) is 4.97. The third kappa shape index (κ3) is 2.31. The van der Waals surface area contributed by atoms with Crippen LogP contribution in [-0.4, -0.2) is 34.9 Å². The average Bonchev–Trinajstić information content (AvgIpc) is 2.46. The Morgan fingerprint density at radius 3 is 3.00 bits per heavy atom. The molecule has 0 saturated carbocycles. The van der Waals surface area contributed by atoms with Gasteiger partial charge in [-0.15, -0.1) is 0 Å². The quantitative estimate of drug-likeness (QED) is 0.845. The molecule has 19 heavy (non-hydrogen) atoms. The lowest BCUT2D eigenvalue weighted by atomic mass is 10.0. The van der Waals surface area contributed by atoms with Gasteiger partial charge in [-0.1, -0.05) is 18.2 Å². The van der Waals surface area contributed by atoms with E-state index in [1.807, 2.05) is 35.2 Å². The highest BCUT2D eigenvalue weighted by molar-refractivity contribution is 6.05. The molecule has 1 aromatic heterocycles. The summed E-state index contributed by atoms with van der Waals surface area (Å²) in [6.07, 6.45) is 3.70. The summed E-state index contributed by atoms with van der Waals surface area (Å²) in [5, 5.41) is 0.995. The van der Waals surface area contributed by atoms with E-state index in [0.29, 0.717) is 12.1 Å². The van der Waals surface area contributed by atoms with E-state index in [9.17, 15) is 4.79 Å². The van der Waals surface area contributed by atoms with Crippen LogP contribution in [0.15, 0.2) is 36.5 Å². The average molecular weight is 255 g/mol. The lowest BCUT2D eigenvalue weighted by molar-refractivity contribution is 0.0710. The molecule has 0 radical (unpaired) electrons. The Hall–Kier alpha value is -1.94. The van der Waals surface area contributed by atoms with Gasteiger partial charge in [0.1, 0.15) is 0 Å². The van der Waals surface area contributed by atoms with Gasteiger partial charge in [0.05, 0.1) is 11.1 Å². The summed E-state index contributed by atoms with van der Waals surface area (Å²) >= 11 is 0. The van der Waals surface area contributed by atoms with Gasteiger partial charge in [-0.25, -0.2) is 0 Å². The summed E-state index contributed by atoms with van der Waals surface area (Å²) in [5.74, 6) is 0.0412. The molecule has 3 rings (SSSR count). The first-order chi connectivity index (χ1) is 9.25. The fourth-order valence-corrected chi connectivity index (χ4v) is 2.64. The number of nitrogens with zero attached hydrogens (tertiary/aromatic N) is 2. The maximum Gasteiger partial charge on any atom is 0.256 e. The molecule has 0 aliphatic carbocycles. The van der Waals surface area contributed by atoms with Gasteiger partial charge in [-0.3, -0.25) is 9.78 Å². The molecule has 2 heterocycles. The third-order valence-corrected chi connectivity index (χ3v) is 3.61. The number of amides is 1. The van der Waals surface area contributed by atoms with Gasteiger partial charge in [0.15, 0.2) is 0 Å². The number of aromatic nitrogens is 1. The maximum absolute atomic E-state index is 12.6. The van der Waals surface area contributed by atoms with Crippen LogP contribution in [-0.2, 0) is 0 Å². The van der Waals surface area contributed by atoms with Crippen molar-refractivity contribution in [2.45, 2.75) is 18.9 Å². The molecule has 0 bridgehead atoms. The summed E-state index contributed by atoms with van der Waals surface area (Å²) in [4.78, 5) is 18.8. The Kier molecular flexibility index (Phi) is 3.17. The fraction of sp³-hybridized carbons (Fsp3) is 0.333. The summed E-state index contributed by atoms with van der Waals surface area (Å²) in [6, 6.07) is 9.68. The van der Waals surface area contributed by atoms with Crippen LogP contribution in [0.3, 0.4) is 0 Å². The normalized spacial score (nSPS) is 19.6. The monoisotopic (exact) mass is 255 g/mol. The number of benzene rings is 1. The van der Waals surface area contributed by atoms with Crippen LogP contribution in [0.5, 0.6) is 0 Å². The molecule has 1 aromatic carbocycles. The van der Waals surface area contributed by atoms with E-state index in [2.05, 4.69) is 4.98 Å². The van der Waals surface area contributed by atoms with E-state index in [-0.39, 0.29) is 11.9 Å². The van der Waals surface area contributed by atoms with E-state index in [1.165, 1.54) is 0 Å². The van der Waals surface area contributed by atoms with Crippen LogP contribution in [0.25, 0.3) is 10.9 Å². The van der Waals surface area contributed by atoms with Crippen LogP contribution in [0.4, 0.5) is 0 Å². The number of para-hydroxylation sites is 1. The van der Waals surface area contributed by atoms with Crippen molar-refractivity contribution in [3.05, 3.63) is 42.1 Å². The molecule has 1 aliphatic rings. The predicted octanol–water partition coefficient (Wildman–Crippen LogP) is 1.80. The van der Waals surface area contributed by atoms with E-state index in [0.717, 1.165) is 30.3 Å². The van der Waals surface area contributed by atoms with Crippen molar-refractivity contribution in [1.82, 2.24) is 9.88 Å². The second-order valence-corrected chi connectivity index (χ2v) is 5.03. The Bertz CT molecular complexity index is 606. The van der Waals surface area contributed by atoms with Crippen molar-refractivity contribution in [3.8, 4) is 0 Å². The molecule has 98 valence electrons. The molecule has 0 spiro atoms. The van der Waals surface area contributed by atoms with E-state index in [1.54, 1.807) is 6.20 Å². The highest BCUT2D eigenvalue weighted by atomic mass is 16.2. The van der Waals surface area contributed by atoms with Crippen LogP contribution >= 0.6 is 0 Å². The summed E-state index contributed by atoms with van der Waals surface area (Å²) in [7, 11) is 0. The van der Waals surface area contributed by atoms with E-state index in [4.69, 9.17) is 5.73 Å². The number of hydrogen-bond donors (Lipinski definition) is 1. The molecule has 2 N–H and O–H groups in total. The Balaban J connectivity index is 1.97. The maximum atomic E-state index is 12.6.